The topological polar surface area (TPSA) is 88.1 Å². The summed E-state index contributed by atoms with van der Waals surface area (Å²) in [6, 6.07) is 27.1. The molecule has 0 aromatic heterocycles. The summed E-state index contributed by atoms with van der Waals surface area (Å²) in [7, 11) is 0. The Labute approximate surface area is 282 Å². The van der Waals surface area contributed by atoms with E-state index in [1.165, 1.54) is 0 Å². The van der Waals surface area contributed by atoms with Gasteiger partial charge in [-0.3, -0.25) is 0 Å². The first-order valence-corrected chi connectivity index (χ1v) is 17.2. The summed E-state index contributed by atoms with van der Waals surface area (Å²) in [5, 5.41) is 0. The van der Waals surface area contributed by atoms with E-state index >= 15 is 0 Å². The maximum Gasteiger partial charge on any atom is 0.338 e. The maximum absolute atomic E-state index is 13.7. The number of esters is 3. The highest BCUT2D eigenvalue weighted by atomic mass is 16.6. The Hall–Kier alpha value is -4.23. The minimum Gasteiger partial charge on any atom is -0.458 e. The molecule has 1 saturated heterocycles. The zero-order chi connectivity index (χ0) is 33.8. The molecule has 10 atom stereocenters. The van der Waals surface area contributed by atoms with Crippen LogP contribution in [0.3, 0.4) is 0 Å². The van der Waals surface area contributed by atoms with Crippen LogP contribution in [-0.2, 0) is 18.9 Å². The zero-order valence-electron chi connectivity index (χ0n) is 28.2. The van der Waals surface area contributed by atoms with Gasteiger partial charge in [0.2, 0.25) is 0 Å². The highest BCUT2D eigenvalue weighted by Crippen LogP contribution is 2.68. The van der Waals surface area contributed by atoms with E-state index < -0.39 is 41.8 Å². The van der Waals surface area contributed by atoms with Crippen LogP contribution in [0.25, 0.3) is 0 Å². The molecule has 7 rings (SSSR count). The summed E-state index contributed by atoms with van der Waals surface area (Å²) in [5.41, 5.74) is 1.28. The van der Waals surface area contributed by atoms with Crippen LogP contribution in [0.5, 0.6) is 0 Å². The molecule has 0 N–H and O–H groups in total. The average Bonchev–Trinajstić information content (AvgIpc) is 3.38. The average molecular weight is 649 g/mol. The molecule has 250 valence electrons. The molecule has 2 saturated carbocycles. The van der Waals surface area contributed by atoms with E-state index in [-0.39, 0.29) is 41.2 Å². The second-order valence-electron chi connectivity index (χ2n) is 14.9. The van der Waals surface area contributed by atoms with Gasteiger partial charge in [-0.1, -0.05) is 88.4 Å². The van der Waals surface area contributed by atoms with Gasteiger partial charge in [0.25, 0.3) is 0 Å². The first-order chi connectivity index (χ1) is 23.0. The minimum atomic E-state index is -0.953. The fraction of sp³-hybridized carbons (Fsp3) is 0.439. The molecule has 7 nitrogen and oxygen atoms in total. The molecule has 1 spiro atoms. The van der Waals surface area contributed by atoms with Crippen LogP contribution < -0.4 is 0 Å². The van der Waals surface area contributed by atoms with E-state index in [0.717, 1.165) is 5.57 Å². The second kappa shape index (κ2) is 12.3. The quantitative estimate of drug-likeness (QED) is 0.154. The summed E-state index contributed by atoms with van der Waals surface area (Å²) in [6.45, 7) is 10.7. The van der Waals surface area contributed by atoms with Crippen molar-refractivity contribution in [2.75, 3.05) is 0 Å². The molecule has 3 aromatic carbocycles. The van der Waals surface area contributed by atoms with Gasteiger partial charge in [0.15, 0.2) is 0 Å². The summed E-state index contributed by atoms with van der Waals surface area (Å²) in [4.78, 5) is 40.7. The van der Waals surface area contributed by atoms with Crippen LogP contribution >= 0.6 is 0 Å². The Bertz CT molecular complexity index is 1700. The van der Waals surface area contributed by atoms with Crippen LogP contribution in [0.4, 0.5) is 0 Å². The Morgan fingerprint density at radius 3 is 1.77 bits per heavy atom. The molecule has 2 aliphatic carbocycles. The third kappa shape index (κ3) is 5.56. The number of hydrogen-bond donors (Lipinski definition) is 0. The van der Waals surface area contributed by atoms with E-state index in [4.69, 9.17) is 18.9 Å². The van der Waals surface area contributed by atoms with Gasteiger partial charge in [-0.2, -0.15) is 0 Å². The fourth-order valence-corrected chi connectivity index (χ4v) is 9.03. The lowest BCUT2D eigenvalue weighted by molar-refractivity contribution is -0.117. The van der Waals surface area contributed by atoms with Crippen molar-refractivity contribution in [1.82, 2.24) is 0 Å². The summed E-state index contributed by atoms with van der Waals surface area (Å²) < 4.78 is 26.5. The number of fused-ring (bicyclic) bond motifs is 3. The third-order valence-corrected chi connectivity index (χ3v) is 11.6. The number of hydrogen-bond acceptors (Lipinski definition) is 7. The molecule has 2 aliphatic heterocycles. The molecule has 0 radical (unpaired) electrons. The molecule has 4 aliphatic rings. The smallest absolute Gasteiger partial charge is 0.338 e. The summed E-state index contributed by atoms with van der Waals surface area (Å²) in [5.74, 6) is -1.48. The van der Waals surface area contributed by atoms with Crippen molar-refractivity contribution in [1.29, 1.82) is 0 Å². The van der Waals surface area contributed by atoms with Crippen molar-refractivity contribution in [2.24, 2.45) is 35.0 Å². The Kier molecular flexibility index (Phi) is 8.31. The monoisotopic (exact) mass is 648 g/mol. The van der Waals surface area contributed by atoms with Crippen molar-refractivity contribution < 1.29 is 33.3 Å². The molecule has 0 unspecified atom stereocenters. The van der Waals surface area contributed by atoms with Gasteiger partial charge in [-0.25, -0.2) is 14.4 Å². The zero-order valence-corrected chi connectivity index (χ0v) is 28.2. The van der Waals surface area contributed by atoms with Crippen molar-refractivity contribution in [2.45, 2.75) is 77.5 Å². The Balaban J connectivity index is 1.31. The van der Waals surface area contributed by atoms with Crippen molar-refractivity contribution >= 4 is 17.9 Å². The van der Waals surface area contributed by atoms with E-state index in [9.17, 15) is 14.4 Å². The number of carbonyl (C=O) groups is 3. The lowest BCUT2D eigenvalue weighted by Crippen LogP contribution is -2.49. The molecular weight excluding hydrogens is 604 g/mol. The van der Waals surface area contributed by atoms with Gasteiger partial charge >= 0.3 is 17.9 Å². The van der Waals surface area contributed by atoms with Gasteiger partial charge < -0.3 is 18.9 Å². The number of rotatable bonds is 6. The van der Waals surface area contributed by atoms with Gasteiger partial charge in [-0.15, -0.1) is 0 Å². The van der Waals surface area contributed by atoms with Crippen LogP contribution in [0.15, 0.2) is 103 Å². The predicted molar refractivity (Wildman–Crippen MR) is 180 cm³/mol. The number of carbonyl (C=O) groups excluding carboxylic acids is 3. The van der Waals surface area contributed by atoms with Crippen LogP contribution in [0.2, 0.25) is 0 Å². The molecule has 48 heavy (non-hydrogen) atoms. The number of ether oxygens (including phenoxy) is 4. The predicted octanol–water partition coefficient (Wildman–Crippen LogP) is 7.72. The van der Waals surface area contributed by atoms with Gasteiger partial charge in [0, 0.05) is 11.8 Å². The molecule has 7 heteroatoms. The largest absolute Gasteiger partial charge is 0.458 e. The first-order valence-electron chi connectivity index (χ1n) is 17.2. The fourth-order valence-electron chi connectivity index (χ4n) is 9.03. The second-order valence-corrected chi connectivity index (χ2v) is 14.9. The Morgan fingerprint density at radius 1 is 0.729 bits per heavy atom. The normalized spacial score (nSPS) is 35.6. The van der Waals surface area contributed by atoms with E-state index in [1.54, 1.807) is 36.4 Å². The van der Waals surface area contributed by atoms with Gasteiger partial charge in [0.05, 0.1) is 22.8 Å². The van der Waals surface area contributed by atoms with Crippen LogP contribution in [0.1, 0.15) is 78.5 Å². The number of benzene rings is 3. The molecule has 2 heterocycles. The standard InChI is InChI=1S/C41H44O7/c1-24-21-31-34(46-38(43)28-17-11-7-12-18-28)25(2)23-41(31)36(47-39(44)29-19-13-8-14-20-29)26(3)35(48-41)33-30(40(33,4)5)22-32(24)45-37(42)27-15-9-6-10-16-27/h6-21,25-26,30-36H,22-23H2,1-5H3/b24-21+/t25-,26+,30-,31+,32-,33+,34+,35-,36+,41-/m1/s1. The molecular formula is C41H44O7. The van der Waals surface area contributed by atoms with Crippen LogP contribution in [0, 0.1) is 35.0 Å². The highest BCUT2D eigenvalue weighted by Gasteiger charge is 2.72. The Morgan fingerprint density at radius 2 is 1.23 bits per heavy atom. The third-order valence-electron chi connectivity index (χ3n) is 11.6. The van der Waals surface area contributed by atoms with Crippen LogP contribution in [-0.4, -0.2) is 47.9 Å². The van der Waals surface area contributed by atoms with E-state index in [0.29, 0.717) is 29.5 Å². The molecule has 3 aromatic rings. The van der Waals surface area contributed by atoms with Crippen molar-refractivity contribution in [3.63, 3.8) is 0 Å². The van der Waals surface area contributed by atoms with Crippen molar-refractivity contribution in [3.05, 3.63) is 119 Å². The highest BCUT2D eigenvalue weighted by molar-refractivity contribution is 5.90. The van der Waals surface area contributed by atoms with E-state index in [1.807, 2.05) is 61.5 Å². The SMILES string of the molecule is C/C1=C\[C@H]2[C@@H](OC(=O)c3ccccc3)[C@H](C)C[C@@]23O[C@H]([C@H](C)[C@@H]3OC(=O)c2ccccc2)[C@@H]2[C@@H](C[C@H]1OC(=O)c1ccccc1)C2(C)C. The van der Waals surface area contributed by atoms with Crippen molar-refractivity contribution in [3.8, 4) is 0 Å². The molecule has 0 amide bonds. The molecule has 3 fully saturated rings. The lowest BCUT2D eigenvalue weighted by Gasteiger charge is -2.37. The molecule has 2 bridgehead atoms. The first kappa shape index (κ1) is 32.3. The van der Waals surface area contributed by atoms with Gasteiger partial charge in [-0.05, 0) is 84.9 Å². The lowest BCUT2D eigenvalue weighted by atomic mass is 9.79. The summed E-state index contributed by atoms with van der Waals surface area (Å²) >= 11 is 0. The minimum absolute atomic E-state index is 0.0840. The maximum atomic E-state index is 13.7. The van der Waals surface area contributed by atoms with E-state index in [2.05, 4.69) is 33.8 Å². The van der Waals surface area contributed by atoms with Gasteiger partial charge in [0.1, 0.15) is 23.9 Å². The summed E-state index contributed by atoms with van der Waals surface area (Å²) in [6.07, 6.45) is 1.43.